The van der Waals surface area contributed by atoms with Gasteiger partial charge in [0.15, 0.2) is 0 Å². The molecule has 1 N–H and O–H groups in total. The maximum absolute atomic E-state index is 13.0. The van der Waals surface area contributed by atoms with Gasteiger partial charge in [0.05, 0.1) is 17.6 Å². The Bertz CT molecular complexity index is 912. The third-order valence-corrected chi connectivity index (χ3v) is 7.21. The number of nitrogens with one attached hydrogen (secondary N) is 1. The number of benzene rings is 1. The van der Waals surface area contributed by atoms with E-state index in [4.69, 9.17) is 9.47 Å². The Morgan fingerprint density at radius 1 is 1.31 bits per heavy atom. The monoisotopic (exact) mass is 488 g/mol. The van der Waals surface area contributed by atoms with Crippen LogP contribution >= 0.6 is 23.5 Å². The third kappa shape index (κ3) is 5.89. The molecule has 32 heavy (non-hydrogen) atoms. The number of esters is 1. The first-order valence-electron chi connectivity index (χ1n) is 9.32. The van der Waals surface area contributed by atoms with E-state index in [-0.39, 0.29) is 65.0 Å². The van der Waals surface area contributed by atoms with Crippen molar-refractivity contribution in [1.29, 1.82) is 0 Å². The fourth-order valence-electron chi connectivity index (χ4n) is 3.29. The average Bonchev–Trinajstić information content (AvgIpc) is 2.76. The van der Waals surface area contributed by atoms with Gasteiger partial charge in [-0.05, 0) is 5.56 Å². The minimum absolute atomic E-state index is 0. The van der Waals surface area contributed by atoms with Gasteiger partial charge in [0.2, 0.25) is 5.91 Å². The summed E-state index contributed by atoms with van der Waals surface area (Å²) in [5.41, 5.74) is 0.752. The summed E-state index contributed by atoms with van der Waals surface area (Å²) < 4.78 is 9.97. The molecule has 1 aromatic carbocycles. The second-order valence-corrected chi connectivity index (χ2v) is 8.93. The molecule has 0 aliphatic carbocycles. The van der Waals surface area contributed by atoms with Crippen LogP contribution < -0.4 is 40.0 Å². The first-order valence-corrected chi connectivity index (χ1v) is 11.4. The topological polar surface area (TPSA) is 125 Å². The molecule has 2 aliphatic rings. The number of amides is 2. The van der Waals surface area contributed by atoms with E-state index in [9.17, 15) is 24.3 Å². The molecule has 2 aliphatic heterocycles. The van der Waals surface area contributed by atoms with Gasteiger partial charge in [-0.3, -0.25) is 19.3 Å². The summed E-state index contributed by atoms with van der Waals surface area (Å²) >= 11 is 2.57. The molecule has 2 heterocycles. The van der Waals surface area contributed by atoms with Gasteiger partial charge in [-0.15, -0.1) is 23.5 Å². The van der Waals surface area contributed by atoms with Crippen molar-refractivity contribution in [2.45, 2.75) is 23.6 Å². The SMILES string of the molecule is COCSC(C(=O)N[C@H]1C(=O)N2C(C(=O)[O-])=C(COC(C)=O)CSC12)c1ccccc1.[Na+]. The normalized spacial score (nSPS) is 20.4. The van der Waals surface area contributed by atoms with Crippen molar-refractivity contribution in [3.63, 3.8) is 0 Å². The van der Waals surface area contributed by atoms with E-state index in [0.717, 1.165) is 10.5 Å². The first kappa shape index (κ1) is 26.7. The summed E-state index contributed by atoms with van der Waals surface area (Å²) in [7, 11) is 1.53. The van der Waals surface area contributed by atoms with E-state index in [2.05, 4.69) is 5.32 Å². The van der Waals surface area contributed by atoms with Gasteiger partial charge in [0, 0.05) is 25.4 Å². The number of rotatable bonds is 9. The number of methoxy groups -OCH3 is 1. The van der Waals surface area contributed by atoms with E-state index in [1.54, 1.807) is 0 Å². The maximum Gasteiger partial charge on any atom is 1.00 e. The molecular formula is C20H21N2NaO7S2. The Labute approximate surface area is 215 Å². The second-order valence-electron chi connectivity index (χ2n) is 6.78. The number of carboxylic acids is 1. The van der Waals surface area contributed by atoms with E-state index < -0.39 is 34.5 Å². The van der Waals surface area contributed by atoms with Gasteiger partial charge < -0.3 is 24.7 Å². The van der Waals surface area contributed by atoms with E-state index in [0.29, 0.717) is 0 Å². The molecule has 3 atom stereocenters. The van der Waals surface area contributed by atoms with Crippen molar-refractivity contribution in [2.24, 2.45) is 0 Å². The van der Waals surface area contributed by atoms with Gasteiger partial charge in [-0.1, -0.05) is 30.3 Å². The molecule has 0 bridgehead atoms. The van der Waals surface area contributed by atoms with Crippen LogP contribution in [0.2, 0.25) is 0 Å². The standard InChI is InChI=1S/C20H22N2O7S2.Na/c1-11(23)29-8-13-9-30-19-14(18(25)22(19)15(13)20(26)27)21-17(24)16(31-10-28-2)12-6-4-3-5-7-12;/h3-7,14,16,19H,8-10H2,1-2H3,(H,21,24)(H,26,27);/q;+1/p-1/t14-,16?,19?;/m0./s1. The summed E-state index contributed by atoms with van der Waals surface area (Å²) in [6.07, 6.45) is 0. The summed E-state index contributed by atoms with van der Waals surface area (Å²) in [6, 6.07) is 8.24. The van der Waals surface area contributed by atoms with Crippen LogP contribution in [0, 0.1) is 0 Å². The van der Waals surface area contributed by atoms with Gasteiger partial charge in [-0.25, -0.2) is 0 Å². The number of ether oxygens (including phenoxy) is 2. The second kappa shape index (κ2) is 12.1. The van der Waals surface area contributed by atoms with Gasteiger partial charge in [0.25, 0.3) is 5.91 Å². The van der Waals surface area contributed by atoms with Crippen molar-refractivity contribution in [3.8, 4) is 0 Å². The summed E-state index contributed by atoms with van der Waals surface area (Å²) in [5.74, 6) is -2.48. The minimum atomic E-state index is -1.52. The van der Waals surface area contributed by atoms with Crippen molar-refractivity contribution in [1.82, 2.24) is 10.2 Å². The fraction of sp³-hybridized carbons (Fsp3) is 0.400. The van der Waals surface area contributed by atoms with Crippen LogP contribution in [-0.4, -0.2) is 65.5 Å². The molecule has 1 fully saturated rings. The van der Waals surface area contributed by atoms with Gasteiger partial charge in [0.1, 0.15) is 23.3 Å². The predicted molar refractivity (Wildman–Crippen MR) is 112 cm³/mol. The molecule has 9 nitrogen and oxygen atoms in total. The van der Waals surface area contributed by atoms with E-state index >= 15 is 0 Å². The van der Waals surface area contributed by atoms with Crippen molar-refractivity contribution < 1.29 is 63.3 Å². The smallest absolute Gasteiger partial charge is 0.543 e. The molecule has 2 amide bonds. The Balaban J connectivity index is 0.00000363. The number of hydrogen-bond acceptors (Lipinski definition) is 9. The zero-order chi connectivity index (χ0) is 22.5. The first-order chi connectivity index (χ1) is 14.8. The largest absolute Gasteiger partial charge is 1.00 e. The zero-order valence-corrected chi connectivity index (χ0v) is 21.5. The van der Waals surface area contributed by atoms with Crippen LogP contribution in [0.15, 0.2) is 41.6 Å². The van der Waals surface area contributed by atoms with Crippen LogP contribution in [0.25, 0.3) is 0 Å². The van der Waals surface area contributed by atoms with Crippen LogP contribution in [-0.2, 0) is 28.7 Å². The minimum Gasteiger partial charge on any atom is -0.543 e. The number of thioether (sulfide) groups is 2. The number of carbonyl (C=O) groups excluding carboxylic acids is 4. The van der Waals surface area contributed by atoms with E-state index in [1.807, 2.05) is 30.3 Å². The Morgan fingerprint density at radius 2 is 2.00 bits per heavy atom. The van der Waals surface area contributed by atoms with Crippen LogP contribution in [0.1, 0.15) is 17.7 Å². The number of hydrogen-bond donors (Lipinski definition) is 1. The quantitative estimate of drug-likeness (QED) is 0.168. The molecule has 2 unspecified atom stereocenters. The molecule has 1 saturated heterocycles. The summed E-state index contributed by atoms with van der Waals surface area (Å²) in [6.45, 7) is 0.978. The Morgan fingerprint density at radius 3 is 2.59 bits per heavy atom. The molecule has 3 rings (SSSR count). The van der Waals surface area contributed by atoms with Crippen molar-refractivity contribution >= 4 is 47.3 Å². The molecule has 1 aromatic rings. The molecule has 12 heteroatoms. The molecule has 0 aromatic heterocycles. The number of carbonyl (C=O) groups is 4. The predicted octanol–water partition coefficient (Wildman–Crippen LogP) is -2.96. The Kier molecular flexibility index (Phi) is 10.1. The third-order valence-electron chi connectivity index (χ3n) is 4.68. The molecule has 166 valence electrons. The molecule has 0 radical (unpaired) electrons. The van der Waals surface area contributed by atoms with Crippen LogP contribution in [0.3, 0.4) is 0 Å². The van der Waals surface area contributed by atoms with Crippen LogP contribution in [0.4, 0.5) is 0 Å². The average molecular weight is 489 g/mol. The molecule has 0 saturated carbocycles. The van der Waals surface area contributed by atoms with E-state index in [1.165, 1.54) is 37.6 Å². The molecule has 0 spiro atoms. The van der Waals surface area contributed by atoms with Crippen molar-refractivity contribution in [2.75, 3.05) is 25.4 Å². The summed E-state index contributed by atoms with van der Waals surface area (Å²) in [5, 5.41) is 13.3. The number of fused-ring (bicyclic) bond motifs is 1. The number of β-lactam (4-membered cyclic amide) rings is 1. The van der Waals surface area contributed by atoms with Crippen molar-refractivity contribution in [3.05, 3.63) is 47.2 Å². The fourth-order valence-corrected chi connectivity index (χ4v) is 5.46. The Hall–Kier alpha value is -1.50. The molecular weight excluding hydrogens is 467 g/mol. The maximum atomic E-state index is 13.0. The van der Waals surface area contributed by atoms with Gasteiger partial charge in [-0.2, -0.15) is 0 Å². The van der Waals surface area contributed by atoms with Crippen LogP contribution in [0.5, 0.6) is 0 Å². The number of carboxylic acid groups (broad SMARTS) is 1. The zero-order valence-electron chi connectivity index (χ0n) is 17.9. The summed E-state index contributed by atoms with van der Waals surface area (Å²) in [4.78, 5) is 49.5. The van der Waals surface area contributed by atoms with Gasteiger partial charge >= 0.3 is 35.5 Å². The number of nitrogens with zero attached hydrogens (tertiary/aromatic N) is 1. The number of aliphatic carboxylic acids is 1.